The highest BCUT2D eigenvalue weighted by molar-refractivity contribution is 5.92. The summed E-state index contributed by atoms with van der Waals surface area (Å²) in [7, 11) is 0. The molecule has 29 heavy (non-hydrogen) atoms. The van der Waals surface area contributed by atoms with E-state index in [1.165, 1.54) is 6.07 Å². The third-order valence-corrected chi connectivity index (χ3v) is 3.36. The van der Waals surface area contributed by atoms with Gasteiger partial charge in [-0.2, -0.15) is 0 Å². The molecule has 2 rings (SSSR count). The molecule has 0 fully saturated rings. The topological polar surface area (TPSA) is 125 Å². The lowest BCUT2D eigenvalue weighted by Gasteiger charge is -2.15. The van der Waals surface area contributed by atoms with Gasteiger partial charge in [0.2, 0.25) is 5.75 Å². The van der Waals surface area contributed by atoms with Crippen molar-refractivity contribution in [3.63, 3.8) is 0 Å². The van der Waals surface area contributed by atoms with Crippen molar-refractivity contribution >= 4 is 23.9 Å². The first-order valence-electron chi connectivity index (χ1n) is 8.34. The summed E-state index contributed by atoms with van der Waals surface area (Å²) in [6.07, 6.45) is 0. The monoisotopic (exact) mass is 402 g/mol. The summed E-state index contributed by atoms with van der Waals surface area (Å²) >= 11 is 0. The van der Waals surface area contributed by atoms with Crippen LogP contribution in [-0.4, -0.2) is 29.0 Å². The van der Waals surface area contributed by atoms with E-state index in [1.54, 1.807) is 18.2 Å². The Bertz CT molecular complexity index is 925. The van der Waals surface area contributed by atoms with Gasteiger partial charge in [0.05, 0.1) is 5.56 Å². The molecule has 2 aromatic rings. The number of benzene rings is 2. The van der Waals surface area contributed by atoms with Crippen LogP contribution in [0.5, 0.6) is 23.0 Å². The average Bonchev–Trinajstić information content (AvgIpc) is 2.62. The smallest absolute Gasteiger partial charge is 0.338 e. The zero-order valence-electron chi connectivity index (χ0n) is 15.9. The number of ether oxygens (including phenoxy) is 4. The standard InChI is InChI=1S/C20H18O9/c1-11(21)27-17-8-15(9-18(28-12(2)22)19(17)29-13(3)23)20(25)26-10-14-6-4-5-7-16(14)24/h4-9,24H,10H2,1-3H3. The minimum absolute atomic E-state index is 0.0493. The Morgan fingerprint density at radius 2 is 1.34 bits per heavy atom. The van der Waals surface area contributed by atoms with E-state index in [2.05, 4.69) is 0 Å². The van der Waals surface area contributed by atoms with Crippen molar-refractivity contribution in [1.29, 1.82) is 0 Å². The summed E-state index contributed by atoms with van der Waals surface area (Å²) in [5.41, 5.74) is 0.238. The van der Waals surface area contributed by atoms with Crippen LogP contribution in [0.25, 0.3) is 0 Å². The van der Waals surface area contributed by atoms with Gasteiger partial charge >= 0.3 is 23.9 Å². The first-order valence-corrected chi connectivity index (χ1v) is 8.34. The minimum Gasteiger partial charge on any atom is -0.508 e. The second-order valence-electron chi connectivity index (χ2n) is 5.79. The van der Waals surface area contributed by atoms with Gasteiger partial charge in [-0.15, -0.1) is 0 Å². The second-order valence-corrected chi connectivity index (χ2v) is 5.79. The molecule has 0 aliphatic carbocycles. The maximum Gasteiger partial charge on any atom is 0.338 e. The third-order valence-electron chi connectivity index (χ3n) is 3.36. The average molecular weight is 402 g/mol. The fraction of sp³-hybridized carbons (Fsp3) is 0.200. The molecule has 0 aliphatic heterocycles. The van der Waals surface area contributed by atoms with Crippen LogP contribution in [0.2, 0.25) is 0 Å². The van der Waals surface area contributed by atoms with Crippen LogP contribution >= 0.6 is 0 Å². The highest BCUT2D eigenvalue weighted by atomic mass is 16.6. The first-order chi connectivity index (χ1) is 13.7. The summed E-state index contributed by atoms with van der Waals surface area (Å²) in [5, 5.41) is 9.75. The molecule has 0 bridgehead atoms. The summed E-state index contributed by atoms with van der Waals surface area (Å²) in [6, 6.07) is 8.51. The predicted molar refractivity (Wildman–Crippen MR) is 97.6 cm³/mol. The Kier molecular flexibility index (Phi) is 6.91. The largest absolute Gasteiger partial charge is 0.508 e. The number of phenolic OH excluding ortho intramolecular Hbond substituents is 1. The molecule has 1 N–H and O–H groups in total. The van der Waals surface area contributed by atoms with E-state index >= 15 is 0 Å². The molecule has 0 aliphatic rings. The van der Waals surface area contributed by atoms with Gasteiger partial charge in [0, 0.05) is 26.3 Å². The number of aromatic hydroxyl groups is 1. The predicted octanol–water partition coefficient (Wildman–Crippen LogP) is 2.53. The van der Waals surface area contributed by atoms with Gasteiger partial charge in [-0.25, -0.2) is 4.79 Å². The van der Waals surface area contributed by atoms with Gasteiger partial charge in [-0.05, 0) is 18.2 Å². The molecule has 9 nitrogen and oxygen atoms in total. The van der Waals surface area contributed by atoms with Gasteiger partial charge < -0.3 is 24.1 Å². The van der Waals surface area contributed by atoms with Crippen LogP contribution in [0.1, 0.15) is 36.7 Å². The molecule has 152 valence electrons. The minimum atomic E-state index is -0.857. The lowest BCUT2D eigenvalue weighted by molar-refractivity contribution is -0.135. The van der Waals surface area contributed by atoms with Crippen molar-refractivity contribution < 1.29 is 43.2 Å². The number of phenols is 1. The van der Waals surface area contributed by atoms with Crippen LogP contribution in [0.4, 0.5) is 0 Å². The van der Waals surface area contributed by atoms with Crippen molar-refractivity contribution in [3.8, 4) is 23.0 Å². The number of hydrogen-bond acceptors (Lipinski definition) is 9. The number of hydrogen-bond donors (Lipinski definition) is 1. The number of para-hydroxylation sites is 1. The number of esters is 4. The molecular weight excluding hydrogens is 384 g/mol. The maximum absolute atomic E-state index is 12.4. The lowest BCUT2D eigenvalue weighted by atomic mass is 10.1. The molecule has 0 amide bonds. The fourth-order valence-corrected chi connectivity index (χ4v) is 2.26. The van der Waals surface area contributed by atoms with Crippen molar-refractivity contribution in [3.05, 3.63) is 47.5 Å². The molecule has 0 heterocycles. The van der Waals surface area contributed by atoms with E-state index in [0.717, 1.165) is 32.9 Å². The lowest BCUT2D eigenvalue weighted by Crippen LogP contribution is -2.13. The summed E-state index contributed by atoms with van der Waals surface area (Å²) in [4.78, 5) is 46.6. The van der Waals surface area contributed by atoms with Crippen molar-refractivity contribution in [1.82, 2.24) is 0 Å². The molecule has 0 radical (unpaired) electrons. The highest BCUT2D eigenvalue weighted by Crippen LogP contribution is 2.39. The van der Waals surface area contributed by atoms with E-state index in [9.17, 15) is 24.3 Å². The van der Waals surface area contributed by atoms with Crippen LogP contribution in [0, 0.1) is 0 Å². The zero-order chi connectivity index (χ0) is 21.6. The summed E-state index contributed by atoms with van der Waals surface area (Å²) in [6.45, 7) is 3.07. The first kappa shape index (κ1) is 21.4. The normalized spacial score (nSPS) is 10.0. The SMILES string of the molecule is CC(=O)Oc1cc(C(=O)OCc2ccccc2O)cc(OC(C)=O)c1OC(C)=O. The molecule has 0 aromatic heterocycles. The molecule has 0 saturated carbocycles. The molecular formula is C20H18O9. The van der Waals surface area contributed by atoms with Gasteiger partial charge in [-0.1, -0.05) is 18.2 Å². The van der Waals surface area contributed by atoms with Crippen molar-refractivity contribution in [2.45, 2.75) is 27.4 Å². The zero-order valence-corrected chi connectivity index (χ0v) is 15.9. The van der Waals surface area contributed by atoms with Crippen molar-refractivity contribution in [2.24, 2.45) is 0 Å². The van der Waals surface area contributed by atoms with E-state index in [0.29, 0.717) is 5.56 Å². The Balaban J connectivity index is 2.40. The highest BCUT2D eigenvalue weighted by Gasteiger charge is 2.23. The number of carbonyl (C=O) groups is 4. The quantitative estimate of drug-likeness (QED) is 0.573. The van der Waals surface area contributed by atoms with Crippen molar-refractivity contribution in [2.75, 3.05) is 0 Å². The van der Waals surface area contributed by atoms with E-state index in [4.69, 9.17) is 18.9 Å². The van der Waals surface area contributed by atoms with E-state index < -0.39 is 23.9 Å². The van der Waals surface area contributed by atoms with Gasteiger partial charge in [0.15, 0.2) is 11.5 Å². The van der Waals surface area contributed by atoms with Crippen LogP contribution < -0.4 is 14.2 Å². The Labute approximate surface area is 165 Å². The Hall–Kier alpha value is -3.88. The third kappa shape index (κ3) is 6.06. The summed E-state index contributed by atoms with van der Waals surface area (Å²) < 4.78 is 20.1. The number of carbonyl (C=O) groups excluding carboxylic acids is 4. The van der Waals surface area contributed by atoms with Crippen LogP contribution in [0.15, 0.2) is 36.4 Å². The second kappa shape index (κ2) is 9.36. The molecule has 0 unspecified atom stereocenters. The summed E-state index contributed by atoms with van der Waals surface area (Å²) in [5.74, 6) is -4.13. The molecule has 2 aromatic carbocycles. The Morgan fingerprint density at radius 1 is 0.828 bits per heavy atom. The number of rotatable bonds is 6. The Morgan fingerprint density at radius 3 is 1.83 bits per heavy atom. The molecule has 0 spiro atoms. The van der Waals surface area contributed by atoms with Crippen LogP contribution in [-0.2, 0) is 25.7 Å². The van der Waals surface area contributed by atoms with E-state index in [-0.39, 0.29) is 35.2 Å². The van der Waals surface area contributed by atoms with Crippen LogP contribution in [0.3, 0.4) is 0 Å². The van der Waals surface area contributed by atoms with Gasteiger partial charge in [-0.3, -0.25) is 14.4 Å². The molecule has 0 atom stereocenters. The molecule has 0 saturated heterocycles. The van der Waals surface area contributed by atoms with Gasteiger partial charge in [0.1, 0.15) is 12.4 Å². The fourth-order valence-electron chi connectivity index (χ4n) is 2.26. The van der Waals surface area contributed by atoms with Gasteiger partial charge in [0.25, 0.3) is 0 Å². The molecule has 9 heteroatoms. The van der Waals surface area contributed by atoms with E-state index in [1.807, 2.05) is 0 Å². The maximum atomic E-state index is 12.4.